The van der Waals surface area contributed by atoms with Crippen LogP contribution in [-0.4, -0.2) is 27.4 Å². The molecule has 1 aromatic rings. The second-order valence-corrected chi connectivity index (χ2v) is 6.50. The molecule has 0 saturated carbocycles. The highest BCUT2D eigenvalue weighted by Crippen LogP contribution is 2.25. The molecule has 20 heavy (non-hydrogen) atoms. The van der Waals surface area contributed by atoms with E-state index in [1.807, 2.05) is 0 Å². The molecule has 0 atom stereocenters. The number of hydrogen-bond donors (Lipinski definition) is 3. The normalized spacial score (nSPS) is 11.3. The number of nitrogens with two attached hydrogens (primary N) is 1. The summed E-state index contributed by atoms with van der Waals surface area (Å²) in [5, 5.41) is 2.54. The first-order chi connectivity index (χ1) is 9.27. The highest BCUT2D eigenvalue weighted by atomic mass is 79.9. The number of amides is 1. The van der Waals surface area contributed by atoms with Crippen molar-refractivity contribution in [1.82, 2.24) is 10.0 Å². The number of rotatable bonds is 6. The molecule has 9 heteroatoms. The molecule has 0 fully saturated rings. The number of nitrogen functional groups attached to an aromatic ring is 1. The van der Waals surface area contributed by atoms with Crippen LogP contribution in [0.15, 0.2) is 21.5 Å². The summed E-state index contributed by atoms with van der Waals surface area (Å²) in [6, 6.07) is 2.00. The molecule has 1 amide bonds. The van der Waals surface area contributed by atoms with E-state index in [0.29, 0.717) is 6.54 Å². The lowest BCUT2D eigenvalue weighted by molar-refractivity contribution is -0.120. The van der Waals surface area contributed by atoms with E-state index >= 15 is 0 Å². The van der Waals surface area contributed by atoms with Crippen LogP contribution in [0.1, 0.15) is 13.3 Å². The molecule has 1 aromatic carbocycles. The lowest BCUT2D eigenvalue weighted by Gasteiger charge is -2.10. The summed E-state index contributed by atoms with van der Waals surface area (Å²) in [5.74, 6) is -0.910. The van der Waals surface area contributed by atoms with Gasteiger partial charge in [-0.1, -0.05) is 0 Å². The lowest BCUT2D eigenvalue weighted by atomic mass is 10.3. The van der Waals surface area contributed by atoms with Crippen LogP contribution in [0.3, 0.4) is 0 Å². The summed E-state index contributed by atoms with van der Waals surface area (Å²) in [6.45, 7) is 2.17. The van der Waals surface area contributed by atoms with Gasteiger partial charge in [-0.3, -0.25) is 4.79 Å². The third-order valence-electron chi connectivity index (χ3n) is 2.36. The van der Waals surface area contributed by atoms with Crippen molar-refractivity contribution in [1.29, 1.82) is 0 Å². The second-order valence-electron chi connectivity index (χ2n) is 3.91. The molecule has 112 valence electrons. The van der Waals surface area contributed by atoms with Gasteiger partial charge in [0.05, 0.1) is 10.2 Å². The second kappa shape index (κ2) is 7.00. The Kier molecular flexibility index (Phi) is 5.90. The molecule has 0 unspecified atom stereocenters. The number of hydrogen-bond acceptors (Lipinski definition) is 4. The monoisotopic (exact) mass is 367 g/mol. The van der Waals surface area contributed by atoms with Gasteiger partial charge in [-0.25, -0.2) is 17.5 Å². The molecule has 0 aliphatic rings. The maximum atomic E-state index is 13.2. The van der Waals surface area contributed by atoms with E-state index in [9.17, 15) is 17.6 Å². The zero-order chi connectivity index (χ0) is 15.3. The van der Waals surface area contributed by atoms with Crippen LogP contribution in [0.2, 0.25) is 0 Å². The van der Waals surface area contributed by atoms with Gasteiger partial charge in [-0.15, -0.1) is 0 Å². The van der Waals surface area contributed by atoms with Crippen LogP contribution in [0.5, 0.6) is 0 Å². The minimum absolute atomic E-state index is 0.00389. The van der Waals surface area contributed by atoms with E-state index in [2.05, 4.69) is 26.0 Å². The van der Waals surface area contributed by atoms with Crippen LogP contribution in [0.25, 0.3) is 0 Å². The van der Waals surface area contributed by atoms with Crippen LogP contribution >= 0.6 is 15.9 Å². The SMILES string of the molecule is CCNC(=O)CCNS(=O)(=O)c1cc(Br)c(F)cc1N. The summed E-state index contributed by atoms with van der Waals surface area (Å²) in [5.41, 5.74) is 5.30. The van der Waals surface area contributed by atoms with Crippen molar-refractivity contribution in [2.75, 3.05) is 18.8 Å². The molecule has 6 nitrogen and oxygen atoms in total. The molecule has 4 N–H and O–H groups in total. The van der Waals surface area contributed by atoms with Crippen molar-refractivity contribution >= 4 is 37.5 Å². The molecule has 0 saturated heterocycles. The predicted octanol–water partition coefficient (Wildman–Crippen LogP) is 0.975. The van der Waals surface area contributed by atoms with E-state index in [1.165, 1.54) is 0 Å². The fourth-order valence-electron chi connectivity index (χ4n) is 1.44. The van der Waals surface area contributed by atoms with Crippen molar-refractivity contribution in [2.45, 2.75) is 18.2 Å². The van der Waals surface area contributed by atoms with E-state index in [-0.39, 0.29) is 33.9 Å². The number of halogens is 2. The van der Waals surface area contributed by atoms with E-state index < -0.39 is 15.8 Å². The fraction of sp³-hybridized carbons (Fsp3) is 0.364. The van der Waals surface area contributed by atoms with Crippen LogP contribution in [-0.2, 0) is 14.8 Å². The van der Waals surface area contributed by atoms with E-state index in [1.54, 1.807) is 6.92 Å². The van der Waals surface area contributed by atoms with Gasteiger partial charge in [-0.05, 0) is 35.0 Å². The van der Waals surface area contributed by atoms with Gasteiger partial charge >= 0.3 is 0 Å². The summed E-state index contributed by atoms with van der Waals surface area (Å²) in [6.07, 6.45) is 0.00926. The van der Waals surface area contributed by atoms with Crippen molar-refractivity contribution in [3.8, 4) is 0 Å². The number of anilines is 1. The first-order valence-corrected chi connectivity index (χ1v) is 8.06. The average molecular weight is 368 g/mol. The Hall–Kier alpha value is -1.19. The first kappa shape index (κ1) is 16.9. The van der Waals surface area contributed by atoms with Gasteiger partial charge in [0.1, 0.15) is 10.7 Å². The highest BCUT2D eigenvalue weighted by molar-refractivity contribution is 9.10. The Morgan fingerprint density at radius 2 is 2.10 bits per heavy atom. The van der Waals surface area contributed by atoms with Crippen molar-refractivity contribution < 1.29 is 17.6 Å². The van der Waals surface area contributed by atoms with Gasteiger partial charge < -0.3 is 11.1 Å². The predicted molar refractivity (Wildman–Crippen MR) is 77.0 cm³/mol. The van der Waals surface area contributed by atoms with E-state index in [0.717, 1.165) is 12.1 Å². The number of benzene rings is 1. The standard InChI is InChI=1S/C11H15BrFN3O3S/c1-2-15-11(17)3-4-16-20(18,19)10-5-7(12)8(13)6-9(10)14/h5-6,16H,2-4,14H2,1H3,(H,15,17). The third-order valence-corrected chi connectivity index (χ3v) is 4.48. The maximum absolute atomic E-state index is 13.2. The molecular formula is C11H15BrFN3O3S. The number of nitrogens with one attached hydrogen (secondary N) is 2. The molecule has 0 spiro atoms. The van der Waals surface area contributed by atoms with Crippen molar-refractivity contribution in [2.24, 2.45) is 0 Å². The molecule has 1 rings (SSSR count). The van der Waals surface area contributed by atoms with Gasteiger partial charge in [0.2, 0.25) is 15.9 Å². The van der Waals surface area contributed by atoms with E-state index in [4.69, 9.17) is 5.73 Å². The fourth-order valence-corrected chi connectivity index (χ4v) is 3.10. The Morgan fingerprint density at radius 1 is 1.45 bits per heavy atom. The molecule has 0 bridgehead atoms. The number of sulfonamides is 1. The summed E-state index contributed by atoms with van der Waals surface area (Å²) < 4.78 is 39.4. The molecule has 0 radical (unpaired) electrons. The minimum Gasteiger partial charge on any atom is -0.398 e. The molecule has 0 aliphatic heterocycles. The van der Waals surface area contributed by atoms with Crippen LogP contribution in [0, 0.1) is 5.82 Å². The third kappa shape index (κ3) is 4.43. The maximum Gasteiger partial charge on any atom is 0.242 e. The quantitative estimate of drug-likeness (QED) is 0.652. The first-order valence-electron chi connectivity index (χ1n) is 5.78. The topological polar surface area (TPSA) is 101 Å². The molecular weight excluding hydrogens is 353 g/mol. The Labute approximate surface area is 125 Å². The average Bonchev–Trinajstić information content (AvgIpc) is 2.33. The molecule has 0 aliphatic carbocycles. The Bertz CT molecular complexity index is 607. The van der Waals surface area contributed by atoms with Gasteiger partial charge in [0.15, 0.2) is 0 Å². The largest absolute Gasteiger partial charge is 0.398 e. The van der Waals surface area contributed by atoms with Crippen molar-refractivity contribution in [3.63, 3.8) is 0 Å². The summed E-state index contributed by atoms with van der Waals surface area (Å²) in [4.78, 5) is 11.0. The molecule has 0 heterocycles. The Balaban J connectivity index is 2.79. The van der Waals surface area contributed by atoms with Crippen molar-refractivity contribution in [3.05, 3.63) is 22.4 Å². The summed E-state index contributed by atoms with van der Waals surface area (Å²) >= 11 is 2.90. The highest BCUT2D eigenvalue weighted by Gasteiger charge is 2.19. The smallest absolute Gasteiger partial charge is 0.242 e. The number of carbonyl (C=O) groups excluding carboxylic acids is 1. The lowest BCUT2D eigenvalue weighted by Crippen LogP contribution is -2.31. The zero-order valence-electron chi connectivity index (χ0n) is 10.7. The van der Waals surface area contributed by atoms with Gasteiger partial charge in [0.25, 0.3) is 0 Å². The Morgan fingerprint density at radius 3 is 2.70 bits per heavy atom. The van der Waals surface area contributed by atoms with Crippen LogP contribution in [0.4, 0.5) is 10.1 Å². The van der Waals surface area contributed by atoms with Gasteiger partial charge in [-0.2, -0.15) is 0 Å². The van der Waals surface area contributed by atoms with Gasteiger partial charge in [0, 0.05) is 19.5 Å². The summed E-state index contributed by atoms with van der Waals surface area (Å²) in [7, 11) is -3.89. The minimum atomic E-state index is -3.89. The molecule has 0 aromatic heterocycles. The van der Waals surface area contributed by atoms with Crippen LogP contribution < -0.4 is 15.8 Å². The number of carbonyl (C=O) groups is 1. The zero-order valence-corrected chi connectivity index (χ0v) is 13.1.